The molecule has 4 aromatic rings. The van der Waals surface area contributed by atoms with E-state index >= 15 is 0 Å². The minimum Gasteiger partial charge on any atom is -0.351 e. The highest BCUT2D eigenvalue weighted by Gasteiger charge is 2.10. The van der Waals surface area contributed by atoms with E-state index in [4.69, 9.17) is 0 Å². The van der Waals surface area contributed by atoms with Crippen molar-refractivity contribution in [3.05, 3.63) is 78.8 Å². The predicted molar refractivity (Wildman–Crippen MR) is 89.8 cm³/mol. The Morgan fingerprint density at radius 3 is 2.71 bits per heavy atom. The number of hydrogen-bond donors (Lipinski definition) is 2. The number of hydrogen-bond acceptors (Lipinski definition) is 2. The van der Waals surface area contributed by atoms with Gasteiger partial charge in [-0.25, -0.2) is 9.37 Å². The van der Waals surface area contributed by atoms with Crippen molar-refractivity contribution in [3.63, 3.8) is 0 Å². The first-order valence-corrected chi connectivity index (χ1v) is 7.37. The first kappa shape index (κ1) is 14.2. The van der Waals surface area contributed by atoms with E-state index in [1.165, 1.54) is 12.1 Å². The van der Waals surface area contributed by atoms with Gasteiger partial charge in [0, 0.05) is 34.7 Å². The molecular formula is C18H13FN4O. The zero-order valence-electron chi connectivity index (χ0n) is 12.5. The average molecular weight is 320 g/mol. The number of halogens is 1. The van der Waals surface area contributed by atoms with Crippen LogP contribution >= 0.6 is 0 Å². The quantitative estimate of drug-likeness (QED) is 0.604. The fourth-order valence-electron chi connectivity index (χ4n) is 2.55. The molecule has 2 aromatic heterocycles. The maximum Gasteiger partial charge on any atom is 0.272 e. The molecule has 0 aliphatic carbocycles. The van der Waals surface area contributed by atoms with Crippen molar-refractivity contribution < 1.29 is 9.18 Å². The third kappa shape index (κ3) is 2.65. The Balaban J connectivity index is 1.54. The number of aromatic amines is 1. The molecule has 5 nitrogen and oxygen atoms in total. The van der Waals surface area contributed by atoms with Crippen LogP contribution in [0.2, 0.25) is 0 Å². The smallest absolute Gasteiger partial charge is 0.272 e. The summed E-state index contributed by atoms with van der Waals surface area (Å²) >= 11 is 0. The predicted octanol–water partition coefficient (Wildman–Crippen LogP) is 3.75. The second-order valence-corrected chi connectivity index (χ2v) is 5.39. The molecule has 6 heteroatoms. The van der Waals surface area contributed by atoms with Gasteiger partial charge in [-0.05, 0) is 48.5 Å². The Hall–Kier alpha value is -3.41. The van der Waals surface area contributed by atoms with Gasteiger partial charge in [0.25, 0.3) is 5.91 Å². The zero-order chi connectivity index (χ0) is 16.5. The summed E-state index contributed by atoms with van der Waals surface area (Å²) in [6.07, 6.45) is 5.25. The summed E-state index contributed by atoms with van der Waals surface area (Å²) in [5.74, 6) is -0.606. The van der Waals surface area contributed by atoms with E-state index in [0.29, 0.717) is 16.8 Å². The number of H-pyrrole nitrogens is 1. The van der Waals surface area contributed by atoms with Crippen LogP contribution in [0.1, 0.15) is 10.5 Å². The van der Waals surface area contributed by atoms with Crippen LogP contribution in [0, 0.1) is 5.82 Å². The molecule has 0 aliphatic heterocycles. The number of carbonyl (C=O) groups excluding carboxylic acids is 1. The molecule has 0 fully saturated rings. The molecule has 0 saturated carbocycles. The zero-order valence-corrected chi connectivity index (χ0v) is 12.5. The fourth-order valence-corrected chi connectivity index (χ4v) is 2.55. The number of carbonyl (C=O) groups is 1. The number of imidazole rings is 1. The molecule has 2 N–H and O–H groups in total. The van der Waals surface area contributed by atoms with E-state index in [1.54, 1.807) is 24.7 Å². The molecule has 0 bridgehead atoms. The van der Waals surface area contributed by atoms with Crippen LogP contribution in [-0.4, -0.2) is 20.4 Å². The normalized spacial score (nSPS) is 10.9. The lowest BCUT2D eigenvalue weighted by Gasteiger charge is -2.06. The van der Waals surface area contributed by atoms with Crippen LogP contribution in [0.4, 0.5) is 10.1 Å². The van der Waals surface area contributed by atoms with Crippen LogP contribution in [0.25, 0.3) is 16.6 Å². The molecule has 0 atom stereocenters. The standard InChI is InChI=1S/C18H13FN4O/c19-13-1-6-16-12(9-13)10-17(22-16)18(24)21-14-2-4-15(5-3-14)23-8-7-20-11-23/h1-11,22H,(H,21,24). The molecule has 0 radical (unpaired) electrons. The summed E-state index contributed by atoms with van der Waals surface area (Å²) in [5, 5.41) is 3.48. The first-order valence-electron chi connectivity index (χ1n) is 7.37. The Morgan fingerprint density at radius 1 is 1.12 bits per heavy atom. The van der Waals surface area contributed by atoms with Gasteiger partial charge < -0.3 is 14.9 Å². The molecule has 24 heavy (non-hydrogen) atoms. The minimum absolute atomic E-state index is 0.276. The van der Waals surface area contributed by atoms with Crippen LogP contribution in [-0.2, 0) is 0 Å². The van der Waals surface area contributed by atoms with Gasteiger partial charge in [0.1, 0.15) is 11.5 Å². The average Bonchev–Trinajstić information content (AvgIpc) is 3.24. The second-order valence-electron chi connectivity index (χ2n) is 5.39. The van der Waals surface area contributed by atoms with Gasteiger partial charge in [-0.1, -0.05) is 0 Å². The fraction of sp³-hybridized carbons (Fsp3) is 0. The van der Waals surface area contributed by atoms with Gasteiger partial charge in [0.2, 0.25) is 0 Å². The van der Waals surface area contributed by atoms with Crippen molar-refractivity contribution in [1.29, 1.82) is 0 Å². The number of fused-ring (bicyclic) bond motifs is 1. The molecule has 0 spiro atoms. The maximum absolute atomic E-state index is 13.2. The second kappa shape index (κ2) is 5.66. The molecule has 0 unspecified atom stereocenters. The molecule has 2 aromatic carbocycles. The van der Waals surface area contributed by atoms with E-state index in [0.717, 1.165) is 11.2 Å². The highest BCUT2D eigenvalue weighted by Crippen LogP contribution is 2.18. The van der Waals surface area contributed by atoms with E-state index in [-0.39, 0.29) is 11.7 Å². The third-order valence-electron chi connectivity index (χ3n) is 3.76. The van der Waals surface area contributed by atoms with Crippen LogP contribution < -0.4 is 5.32 Å². The van der Waals surface area contributed by atoms with E-state index in [2.05, 4.69) is 15.3 Å². The van der Waals surface area contributed by atoms with Crippen molar-refractivity contribution in [1.82, 2.24) is 14.5 Å². The Bertz CT molecular complexity index is 1000. The monoisotopic (exact) mass is 320 g/mol. The highest BCUT2D eigenvalue weighted by molar-refractivity contribution is 6.05. The van der Waals surface area contributed by atoms with Gasteiger partial charge in [0.05, 0.1) is 6.33 Å². The van der Waals surface area contributed by atoms with Crippen LogP contribution in [0.3, 0.4) is 0 Å². The lowest BCUT2D eigenvalue weighted by Crippen LogP contribution is -2.12. The summed E-state index contributed by atoms with van der Waals surface area (Å²) in [4.78, 5) is 19.3. The third-order valence-corrected chi connectivity index (χ3v) is 3.76. The molecule has 0 saturated heterocycles. The first-order chi connectivity index (χ1) is 11.7. The van der Waals surface area contributed by atoms with Crippen LogP contribution in [0.15, 0.2) is 67.3 Å². The van der Waals surface area contributed by atoms with Crippen molar-refractivity contribution in [3.8, 4) is 5.69 Å². The van der Waals surface area contributed by atoms with Crippen molar-refractivity contribution in [2.24, 2.45) is 0 Å². The number of rotatable bonds is 3. The van der Waals surface area contributed by atoms with E-state index in [1.807, 2.05) is 35.0 Å². The number of aromatic nitrogens is 3. The number of nitrogens with zero attached hydrogens (tertiary/aromatic N) is 2. The van der Waals surface area contributed by atoms with Gasteiger partial charge in [-0.2, -0.15) is 0 Å². The van der Waals surface area contributed by atoms with Crippen molar-refractivity contribution in [2.45, 2.75) is 0 Å². The highest BCUT2D eigenvalue weighted by atomic mass is 19.1. The lowest BCUT2D eigenvalue weighted by atomic mass is 10.2. The van der Waals surface area contributed by atoms with E-state index < -0.39 is 0 Å². The molecule has 1 amide bonds. The Labute approximate surface area is 136 Å². The molecule has 2 heterocycles. The number of nitrogens with one attached hydrogen (secondary N) is 2. The summed E-state index contributed by atoms with van der Waals surface area (Å²) in [6, 6.07) is 13.4. The molecule has 4 rings (SSSR count). The summed E-state index contributed by atoms with van der Waals surface area (Å²) in [6.45, 7) is 0. The van der Waals surface area contributed by atoms with Gasteiger partial charge in [-0.15, -0.1) is 0 Å². The molecule has 118 valence electrons. The largest absolute Gasteiger partial charge is 0.351 e. The molecule has 0 aliphatic rings. The maximum atomic E-state index is 13.2. The van der Waals surface area contributed by atoms with Crippen molar-refractivity contribution >= 4 is 22.5 Å². The van der Waals surface area contributed by atoms with Crippen LogP contribution in [0.5, 0.6) is 0 Å². The number of benzene rings is 2. The molecular weight excluding hydrogens is 307 g/mol. The lowest BCUT2D eigenvalue weighted by molar-refractivity contribution is 0.102. The minimum atomic E-state index is -0.330. The summed E-state index contributed by atoms with van der Waals surface area (Å²) in [5.41, 5.74) is 2.73. The Morgan fingerprint density at radius 2 is 1.96 bits per heavy atom. The number of anilines is 1. The SMILES string of the molecule is O=C(Nc1ccc(-n2ccnc2)cc1)c1cc2cc(F)ccc2[nH]1. The van der Waals surface area contributed by atoms with Crippen molar-refractivity contribution in [2.75, 3.05) is 5.32 Å². The van der Waals surface area contributed by atoms with Gasteiger partial charge in [0.15, 0.2) is 0 Å². The summed E-state index contributed by atoms with van der Waals surface area (Å²) < 4.78 is 15.1. The summed E-state index contributed by atoms with van der Waals surface area (Å²) in [7, 11) is 0. The van der Waals surface area contributed by atoms with Gasteiger partial charge in [-0.3, -0.25) is 4.79 Å². The Kier molecular flexibility index (Phi) is 3.35. The topological polar surface area (TPSA) is 62.7 Å². The number of amides is 1. The van der Waals surface area contributed by atoms with Gasteiger partial charge >= 0.3 is 0 Å². The van der Waals surface area contributed by atoms with E-state index in [9.17, 15) is 9.18 Å².